The molecule has 0 radical (unpaired) electrons. The number of hydrogen-bond acceptors (Lipinski definition) is 8. The SMILES string of the molecule is CCOC(=O)CCCOc1cccc(C2C(C#N)=C(N)OC(C)=C2C(=O)OCC)c1. The van der Waals surface area contributed by atoms with Crippen LogP contribution in [0.15, 0.2) is 47.1 Å². The van der Waals surface area contributed by atoms with E-state index < -0.39 is 11.9 Å². The second-order valence-electron chi connectivity index (χ2n) is 6.44. The van der Waals surface area contributed by atoms with Gasteiger partial charge in [0, 0.05) is 6.42 Å². The van der Waals surface area contributed by atoms with Crippen molar-refractivity contribution in [3.05, 3.63) is 52.6 Å². The summed E-state index contributed by atoms with van der Waals surface area (Å²) in [6.45, 7) is 5.92. The fourth-order valence-electron chi connectivity index (χ4n) is 3.11. The molecule has 0 aliphatic carbocycles. The Hall–Kier alpha value is -3.47. The third-order valence-electron chi connectivity index (χ3n) is 4.39. The molecule has 1 aliphatic rings. The van der Waals surface area contributed by atoms with Crippen LogP contribution >= 0.6 is 0 Å². The van der Waals surface area contributed by atoms with Crippen molar-refractivity contribution in [3.8, 4) is 11.8 Å². The van der Waals surface area contributed by atoms with Gasteiger partial charge in [0.25, 0.3) is 0 Å². The highest BCUT2D eigenvalue weighted by Gasteiger charge is 2.36. The fraction of sp³-hybridized carbons (Fsp3) is 0.409. The van der Waals surface area contributed by atoms with Crippen molar-refractivity contribution in [1.29, 1.82) is 5.26 Å². The van der Waals surface area contributed by atoms with Crippen LogP contribution in [0.3, 0.4) is 0 Å². The lowest BCUT2D eigenvalue weighted by atomic mass is 9.83. The van der Waals surface area contributed by atoms with E-state index in [1.165, 1.54) is 0 Å². The molecule has 1 unspecified atom stereocenters. The van der Waals surface area contributed by atoms with Crippen LogP contribution in [0.2, 0.25) is 0 Å². The highest BCUT2D eigenvalue weighted by molar-refractivity contribution is 5.92. The summed E-state index contributed by atoms with van der Waals surface area (Å²) in [5.41, 5.74) is 6.90. The maximum atomic E-state index is 12.6. The van der Waals surface area contributed by atoms with Gasteiger partial charge in [0.05, 0.1) is 31.3 Å². The van der Waals surface area contributed by atoms with Gasteiger partial charge in [0.2, 0.25) is 5.88 Å². The largest absolute Gasteiger partial charge is 0.494 e. The first-order valence-corrected chi connectivity index (χ1v) is 9.76. The third-order valence-corrected chi connectivity index (χ3v) is 4.39. The smallest absolute Gasteiger partial charge is 0.338 e. The van der Waals surface area contributed by atoms with Crippen LogP contribution in [0, 0.1) is 11.3 Å². The Kier molecular flexibility index (Phi) is 8.29. The summed E-state index contributed by atoms with van der Waals surface area (Å²) >= 11 is 0. The molecule has 0 spiro atoms. The van der Waals surface area contributed by atoms with Crippen LogP contribution in [0.25, 0.3) is 0 Å². The Morgan fingerprint density at radius 2 is 1.97 bits per heavy atom. The fourth-order valence-corrected chi connectivity index (χ4v) is 3.11. The zero-order valence-electron chi connectivity index (χ0n) is 17.4. The number of benzene rings is 1. The summed E-state index contributed by atoms with van der Waals surface area (Å²) in [6, 6.07) is 9.07. The molecule has 1 heterocycles. The van der Waals surface area contributed by atoms with Crippen molar-refractivity contribution in [3.63, 3.8) is 0 Å². The highest BCUT2D eigenvalue weighted by Crippen LogP contribution is 2.40. The topological polar surface area (TPSA) is 121 Å². The van der Waals surface area contributed by atoms with E-state index in [1.807, 2.05) is 6.07 Å². The van der Waals surface area contributed by atoms with E-state index in [9.17, 15) is 14.9 Å². The number of ether oxygens (including phenoxy) is 4. The number of carbonyl (C=O) groups is 2. The number of allylic oxidation sites excluding steroid dienone is 2. The summed E-state index contributed by atoms with van der Waals surface area (Å²) in [5, 5.41) is 9.63. The molecule has 160 valence electrons. The van der Waals surface area contributed by atoms with Gasteiger partial charge in [-0.15, -0.1) is 0 Å². The number of hydrogen-bond donors (Lipinski definition) is 1. The molecule has 1 aromatic carbocycles. The highest BCUT2D eigenvalue weighted by atomic mass is 16.5. The molecule has 2 rings (SSSR count). The maximum Gasteiger partial charge on any atom is 0.338 e. The van der Waals surface area contributed by atoms with E-state index >= 15 is 0 Å². The zero-order valence-corrected chi connectivity index (χ0v) is 17.4. The second kappa shape index (κ2) is 10.9. The maximum absolute atomic E-state index is 12.6. The molecular formula is C22H26N2O6. The third kappa shape index (κ3) is 5.54. The Morgan fingerprint density at radius 3 is 2.63 bits per heavy atom. The Balaban J connectivity index is 2.25. The molecule has 0 saturated heterocycles. The van der Waals surface area contributed by atoms with Crippen molar-refractivity contribution in [2.75, 3.05) is 19.8 Å². The van der Waals surface area contributed by atoms with Crippen LogP contribution < -0.4 is 10.5 Å². The summed E-state index contributed by atoms with van der Waals surface area (Å²) in [4.78, 5) is 24.0. The number of rotatable bonds is 9. The van der Waals surface area contributed by atoms with Crippen LogP contribution in [-0.4, -0.2) is 31.8 Å². The van der Waals surface area contributed by atoms with Gasteiger partial charge < -0.3 is 24.7 Å². The van der Waals surface area contributed by atoms with Crippen molar-refractivity contribution in [2.45, 2.75) is 39.5 Å². The molecule has 0 fully saturated rings. The minimum absolute atomic E-state index is 0.0474. The molecule has 8 nitrogen and oxygen atoms in total. The first kappa shape index (κ1) is 22.8. The Labute approximate surface area is 175 Å². The van der Waals surface area contributed by atoms with Gasteiger partial charge in [-0.05, 0) is 44.9 Å². The van der Waals surface area contributed by atoms with E-state index in [1.54, 1.807) is 45.0 Å². The number of nitriles is 1. The van der Waals surface area contributed by atoms with Gasteiger partial charge in [-0.1, -0.05) is 12.1 Å². The lowest BCUT2D eigenvalue weighted by Gasteiger charge is -2.27. The monoisotopic (exact) mass is 414 g/mol. The lowest BCUT2D eigenvalue weighted by molar-refractivity contribution is -0.143. The molecule has 30 heavy (non-hydrogen) atoms. The molecule has 1 atom stereocenters. The van der Waals surface area contributed by atoms with Gasteiger partial charge in [0.15, 0.2) is 0 Å². The van der Waals surface area contributed by atoms with Gasteiger partial charge in [-0.2, -0.15) is 5.26 Å². The minimum Gasteiger partial charge on any atom is -0.494 e. The van der Waals surface area contributed by atoms with E-state index in [4.69, 9.17) is 24.7 Å². The van der Waals surface area contributed by atoms with Gasteiger partial charge >= 0.3 is 11.9 Å². The van der Waals surface area contributed by atoms with E-state index in [0.29, 0.717) is 30.9 Å². The van der Waals surface area contributed by atoms with Gasteiger partial charge in [0.1, 0.15) is 23.2 Å². The predicted molar refractivity (Wildman–Crippen MR) is 108 cm³/mol. The standard InChI is InChI=1S/C22H26N2O6/c1-4-27-18(25)10-7-11-29-16-9-6-8-15(12-16)20-17(13-23)21(24)30-14(3)19(20)22(26)28-5-2/h6,8-9,12,20H,4-5,7,10-11,24H2,1-3H3. The Bertz CT molecular complexity index is 897. The van der Waals surface area contributed by atoms with Crippen molar-refractivity contribution >= 4 is 11.9 Å². The summed E-state index contributed by atoms with van der Waals surface area (Å²) in [7, 11) is 0. The molecule has 8 heteroatoms. The normalized spacial score (nSPS) is 15.9. The minimum atomic E-state index is -0.731. The average molecular weight is 414 g/mol. The number of esters is 2. The van der Waals surface area contributed by atoms with E-state index in [2.05, 4.69) is 0 Å². The molecule has 0 aromatic heterocycles. The van der Waals surface area contributed by atoms with Crippen molar-refractivity contribution in [2.24, 2.45) is 5.73 Å². The lowest BCUT2D eigenvalue weighted by Crippen LogP contribution is -2.25. The summed E-state index contributed by atoms with van der Waals surface area (Å²) < 4.78 is 21.2. The molecule has 0 amide bonds. The molecule has 0 bridgehead atoms. The van der Waals surface area contributed by atoms with Gasteiger partial charge in [-0.25, -0.2) is 4.79 Å². The van der Waals surface area contributed by atoms with Crippen molar-refractivity contribution < 1.29 is 28.5 Å². The van der Waals surface area contributed by atoms with Crippen LogP contribution in [-0.2, 0) is 23.8 Å². The zero-order chi connectivity index (χ0) is 22.1. The average Bonchev–Trinajstić information content (AvgIpc) is 2.71. The van der Waals surface area contributed by atoms with Crippen LogP contribution in [0.1, 0.15) is 45.1 Å². The molecular weight excluding hydrogens is 388 g/mol. The first-order valence-electron chi connectivity index (χ1n) is 9.76. The summed E-state index contributed by atoms with van der Waals surface area (Å²) in [5.74, 6) is -0.785. The molecule has 1 aromatic rings. The quantitative estimate of drug-likeness (QED) is 0.483. The number of nitrogens with zero attached hydrogens (tertiary/aromatic N) is 1. The molecule has 0 saturated carbocycles. The van der Waals surface area contributed by atoms with Crippen LogP contribution in [0.4, 0.5) is 0 Å². The second-order valence-corrected chi connectivity index (χ2v) is 6.44. The van der Waals surface area contributed by atoms with E-state index in [-0.39, 0.29) is 41.8 Å². The molecule has 1 aliphatic heterocycles. The van der Waals surface area contributed by atoms with Crippen molar-refractivity contribution in [1.82, 2.24) is 0 Å². The predicted octanol–water partition coefficient (Wildman–Crippen LogP) is 3.05. The Morgan fingerprint density at radius 1 is 1.23 bits per heavy atom. The number of nitrogens with two attached hydrogens (primary N) is 1. The first-order chi connectivity index (χ1) is 14.4. The van der Waals surface area contributed by atoms with E-state index in [0.717, 1.165) is 0 Å². The van der Waals surface area contributed by atoms with Gasteiger partial charge in [-0.3, -0.25) is 4.79 Å². The molecule has 2 N–H and O–H groups in total. The number of carbonyl (C=O) groups excluding carboxylic acids is 2. The summed E-state index contributed by atoms with van der Waals surface area (Å²) in [6.07, 6.45) is 0.768. The van der Waals surface area contributed by atoms with Crippen LogP contribution in [0.5, 0.6) is 5.75 Å².